The van der Waals surface area contributed by atoms with Crippen LogP contribution in [0.1, 0.15) is 5.56 Å². The number of alkyl halides is 3. The topological polar surface area (TPSA) is 102 Å². The Morgan fingerprint density at radius 3 is 2.61 bits per heavy atom. The number of hydrogen-bond acceptors (Lipinski definition) is 6. The molecule has 2 heterocycles. The summed E-state index contributed by atoms with van der Waals surface area (Å²) in [4.78, 5) is 31.7. The number of H-pyrrole nitrogens is 1. The van der Waals surface area contributed by atoms with Crippen LogP contribution in [0.25, 0.3) is 16.7 Å². The third kappa shape index (κ3) is 4.85. The second-order valence-corrected chi connectivity index (χ2v) is 7.71. The van der Waals surface area contributed by atoms with E-state index in [9.17, 15) is 22.8 Å². The van der Waals surface area contributed by atoms with Gasteiger partial charge in [-0.1, -0.05) is 23.9 Å². The molecule has 2 aromatic heterocycles. The Bertz CT molecular complexity index is 1370. The Labute approximate surface area is 188 Å². The summed E-state index contributed by atoms with van der Waals surface area (Å²) in [7, 11) is 1.52. The van der Waals surface area contributed by atoms with Crippen LogP contribution < -0.4 is 15.6 Å². The number of fused-ring (bicyclic) bond motifs is 1. The lowest BCUT2D eigenvalue weighted by Crippen LogP contribution is -2.16. The zero-order valence-corrected chi connectivity index (χ0v) is 17.8. The molecule has 0 aliphatic heterocycles. The van der Waals surface area contributed by atoms with Crippen molar-refractivity contribution in [3.05, 3.63) is 70.6 Å². The average molecular weight is 475 g/mol. The van der Waals surface area contributed by atoms with Crippen LogP contribution in [0.3, 0.4) is 0 Å². The largest absolute Gasteiger partial charge is 0.494 e. The van der Waals surface area contributed by atoms with Crippen LogP contribution >= 0.6 is 11.8 Å². The Morgan fingerprint density at radius 2 is 1.91 bits per heavy atom. The van der Waals surface area contributed by atoms with Gasteiger partial charge in [0.25, 0.3) is 5.56 Å². The average Bonchev–Trinajstić information content (AvgIpc) is 3.22. The molecule has 0 aliphatic carbocycles. The number of methoxy groups -OCH3 is 1. The van der Waals surface area contributed by atoms with Crippen molar-refractivity contribution in [2.45, 2.75) is 11.3 Å². The first-order chi connectivity index (χ1) is 15.8. The second-order valence-electron chi connectivity index (χ2n) is 6.75. The van der Waals surface area contributed by atoms with Gasteiger partial charge >= 0.3 is 6.18 Å². The van der Waals surface area contributed by atoms with E-state index in [1.54, 1.807) is 24.3 Å². The van der Waals surface area contributed by atoms with Crippen molar-refractivity contribution in [2.24, 2.45) is 0 Å². The Morgan fingerprint density at radius 1 is 1.18 bits per heavy atom. The first kappa shape index (κ1) is 22.4. The molecule has 8 nitrogen and oxygen atoms in total. The molecular formula is C21H16F3N5O3S. The maximum Gasteiger partial charge on any atom is 0.416 e. The zero-order valence-electron chi connectivity index (χ0n) is 17.0. The molecule has 170 valence electrons. The molecule has 33 heavy (non-hydrogen) atoms. The Balaban J connectivity index is 1.51. The molecule has 2 N–H and O–H groups in total. The van der Waals surface area contributed by atoms with Crippen LogP contribution in [0.15, 0.2) is 64.7 Å². The quantitative estimate of drug-likeness (QED) is 0.324. The molecule has 0 aliphatic rings. The lowest BCUT2D eigenvalue weighted by Gasteiger charge is -2.09. The fraction of sp³-hybridized carbons (Fsp3) is 0.143. The van der Waals surface area contributed by atoms with Crippen LogP contribution in [0.5, 0.6) is 5.75 Å². The first-order valence-corrected chi connectivity index (χ1v) is 10.5. The normalized spacial score (nSPS) is 11.5. The molecule has 0 saturated heterocycles. The minimum atomic E-state index is -4.45. The summed E-state index contributed by atoms with van der Waals surface area (Å²) in [5.41, 5.74) is -0.138. The van der Waals surface area contributed by atoms with Gasteiger partial charge in [-0.25, -0.2) is 9.67 Å². The molecule has 0 radical (unpaired) electrons. The number of rotatable bonds is 6. The van der Waals surface area contributed by atoms with E-state index < -0.39 is 23.2 Å². The van der Waals surface area contributed by atoms with Gasteiger partial charge in [0.05, 0.1) is 24.6 Å². The standard InChI is InChI=1S/C21H16F3N5O3S/c1-32-16-5-3-2-4-15(16)29-18-14(10-25-29)19(31)28-20(27-18)33-11-17(30)26-13-8-6-12(7-9-13)21(22,23)24/h2-10H,11H2,1H3,(H,26,30)(H,27,28,31). The number of thioether (sulfide) groups is 1. The molecule has 0 atom stereocenters. The molecule has 0 spiro atoms. The first-order valence-electron chi connectivity index (χ1n) is 9.47. The number of carbonyl (C=O) groups excluding carboxylic acids is 1. The molecule has 1 amide bonds. The summed E-state index contributed by atoms with van der Waals surface area (Å²) in [6, 6.07) is 11.2. The van der Waals surface area contributed by atoms with Crippen LogP contribution in [0, 0.1) is 0 Å². The minimum absolute atomic E-state index is 0.127. The van der Waals surface area contributed by atoms with Gasteiger partial charge in [0.1, 0.15) is 16.8 Å². The van der Waals surface area contributed by atoms with Gasteiger partial charge in [0.15, 0.2) is 10.8 Å². The maximum absolute atomic E-state index is 12.7. The summed E-state index contributed by atoms with van der Waals surface area (Å²) >= 11 is 0.970. The third-order valence-electron chi connectivity index (χ3n) is 4.57. The van der Waals surface area contributed by atoms with Crippen LogP contribution in [0.4, 0.5) is 18.9 Å². The van der Waals surface area contributed by atoms with Crippen molar-refractivity contribution in [3.8, 4) is 11.4 Å². The van der Waals surface area contributed by atoms with Gasteiger partial charge in [0.2, 0.25) is 5.91 Å². The number of ether oxygens (including phenoxy) is 1. The van der Waals surface area contributed by atoms with E-state index >= 15 is 0 Å². The predicted octanol–water partition coefficient (Wildman–Crippen LogP) is 3.87. The van der Waals surface area contributed by atoms with E-state index in [2.05, 4.69) is 20.4 Å². The van der Waals surface area contributed by atoms with Crippen LogP contribution in [-0.4, -0.2) is 38.5 Å². The van der Waals surface area contributed by atoms with Crippen molar-refractivity contribution >= 4 is 34.4 Å². The van der Waals surface area contributed by atoms with Crippen molar-refractivity contribution in [1.82, 2.24) is 19.7 Å². The lowest BCUT2D eigenvalue weighted by atomic mass is 10.2. The Hall–Kier alpha value is -3.80. The van der Waals surface area contributed by atoms with E-state index in [1.165, 1.54) is 30.1 Å². The monoisotopic (exact) mass is 475 g/mol. The van der Waals surface area contributed by atoms with Gasteiger partial charge in [-0.15, -0.1) is 0 Å². The van der Waals surface area contributed by atoms with Gasteiger partial charge < -0.3 is 15.0 Å². The summed E-state index contributed by atoms with van der Waals surface area (Å²) in [6.07, 6.45) is -3.07. The smallest absolute Gasteiger partial charge is 0.416 e. The number of benzene rings is 2. The molecule has 0 unspecified atom stereocenters. The number of aromatic nitrogens is 4. The molecule has 0 fully saturated rings. The number of para-hydroxylation sites is 2. The van der Waals surface area contributed by atoms with Crippen molar-refractivity contribution < 1.29 is 22.7 Å². The number of nitrogens with zero attached hydrogens (tertiary/aromatic N) is 3. The molecule has 0 bridgehead atoms. The minimum Gasteiger partial charge on any atom is -0.494 e. The van der Waals surface area contributed by atoms with E-state index in [-0.39, 0.29) is 27.6 Å². The Kier molecular flexibility index (Phi) is 6.09. The summed E-state index contributed by atoms with van der Waals surface area (Å²) in [6.45, 7) is 0. The number of carbonyl (C=O) groups is 1. The number of anilines is 1. The highest BCUT2D eigenvalue weighted by molar-refractivity contribution is 7.99. The fourth-order valence-corrected chi connectivity index (χ4v) is 3.68. The number of halogens is 3. The van der Waals surface area contributed by atoms with Gasteiger partial charge in [-0.2, -0.15) is 18.3 Å². The highest BCUT2D eigenvalue weighted by Gasteiger charge is 2.30. The zero-order chi connectivity index (χ0) is 23.6. The number of amides is 1. The predicted molar refractivity (Wildman–Crippen MR) is 117 cm³/mol. The summed E-state index contributed by atoms with van der Waals surface area (Å²) in [5, 5.41) is 7.20. The third-order valence-corrected chi connectivity index (χ3v) is 5.44. The van der Waals surface area contributed by atoms with Gasteiger partial charge in [-0.05, 0) is 36.4 Å². The van der Waals surface area contributed by atoms with Crippen LogP contribution in [-0.2, 0) is 11.0 Å². The molecule has 2 aromatic carbocycles. The number of nitrogens with one attached hydrogen (secondary N) is 2. The molecule has 12 heteroatoms. The fourth-order valence-electron chi connectivity index (χ4n) is 3.02. The second kappa shape index (κ2) is 8.98. The SMILES string of the molecule is COc1ccccc1-n1ncc2c(=O)[nH]c(SCC(=O)Nc3ccc(C(F)(F)F)cc3)nc21. The molecule has 4 rings (SSSR count). The molecular weight excluding hydrogens is 459 g/mol. The molecule has 0 saturated carbocycles. The number of aromatic amines is 1. The summed E-state index contributed by atoms with van der Waals surface area (Å²) in [5.74, 6) is -0.0615. The number of hydrogen-bond donors (Lipinski definition) is 2. The van der Waals surface area contributed by atoms with Gasteiger partial charge in [-0.3, -0.25) is 9.59 Å². The van der Waals surface area contributed by atoms with Crippen molar-refractivity contribution in [2.75, 3.05) is 18.2 Å². The van der Waals surface area contributed by atoms with Crippen molar-refractivity contribution in [3.63, 3.8) is 0 Å². The van der Waals surface area contributed by atoms with E-state index in [0.29, 0.717) is 11.4 Å². The lowest BCUT2D eigenvalue weighted by molar-refractivity contribution is -0.137. The highest BCUT2D eigenvalue weighted by Crippen LogP contribution is 2.30. The highest BCUT2D eigenvalue weighted by atomic mass is 32.2. The van der Waals surface area contributed by atoms with E-state index in [0.717, 1.165) is 23.9 Å². The van der Waals surface area contributed by atoms with Gasteiger partial charge in [0, 0.05) is 5.69 Å². The van der Waals surface area contributed by atoms with E-state index in [1.807, 2.05) is 0 Å². The molecule has 4 aromatic rings. The maximum atomic E-state index is 12.7. The van der Waals surface area contributed by atoms with Crippen LogP contribution in [0.2, 0.25) is 0 Å². The summed E-state index contributed by atoms with van der Waals surface area (Å²) < 4.78 is 44.8. The van der Waals surface area contributed by atoms with Crippen molar-refractivity contribution in [1.29, 1.82) is 0 Å². The van der Waals surface area contributed by atoms with E-state index in [4.69, 9.17) is 4.74 Å².